The van der Waals surface area contributed by atoms with Gasteiger partial charge in [-0.15, -0.1) is 0 Å². The van der Waals surface area contributed by atoms with Gasteiger partial charge >= 0.3 is 0 Å². The Bertz CT molecular complexity index is 954. The van der Waals surface area contributed by atoms with Crippen LogP contribution in [0.25, 0.3) is 10.9 Å². The Morgan fingerprint density at radius 3 is 2.61 bits per heavy atom. The van der Waals surface area contributed by atoms with Gasteiger partial charge in [-0.3, -0.25) is 4.79 Å². The van der Waals surface area contributed by atoms with Crippen LogP contribution in [0.15, 0.2) is 12.1 Å². The fraction of sp³-hybridized carbons (Fsp3) is 0.615. The van der Waals surface area contributed by atoms with Gasteiger partial charge in [-0.05, 0) is 94.5 Å². The third kappa shape index (κ3) is 5.69. The van der Waals surface area contributed by atoms with Crippen LogP contribution in [0.4, 0.5) is 5.82 Å². The number of nitrogens with one attached hydrogen (secondary N) is 1. The number of nitrogens with zero attached hydrogens (tertiary/aromatic N) is 2. The minimum absolute atomic E-state index is 0.250. The molecule has 33 heavy (non-hydrogen) atoms. The molecule has 1 saturated heterocycles. The summed E-state index contributed by atoms with van der Waals surface area (Å²) in [4.78, 5) is 16.0. The van der Waals surface area contributed by atoms with E-state index in [4.69, 9.17) is 24.4 Å². The molecule has 0 unspecified atom stereocenters. The van der Waals surface area contributed by atoms with Crippen molar-refractivity contribution in [2.75, 3.05) is 38.7 Å². The molecule has 2 fully saturated rings. The molecule has 7 nitrogen and oxygen atoms in total. The number of fused-ring (bicyclic) bond motifs is 3. The van der Waals surface area contributed by atoms with Gasteiger partial charge in [0.2, 0.25) is 0 Å². The van der Waals surface area contributed by atoms with Crippen LogP contribution in [-0.4, -0.2) is 60.9 Å². The first-order valence-corrected chi connectivity index (χ1v) is 12.4. The number of pyridine rings is 1. The molecule has 1 atom stereocenters. The summed E-state index contributed by atoms with van der Waals surface area (Å²) in [6.45, 7) is 6.36. The first kappa shape index (κ1) is 23.6. The monoisotopic (exact) mass is 455 g/mol. The summed E-state index contributed by atoms with van der Waals surface area (Å²) < 4.78 is 11.9. The second-order valence-electron chi connectivity index (χ2n) is 9.42. The molecule has 5 rings (SSSR count). The Kier molecular flexibility index (Phi) is 7.91. The third-order valence-electron chi connectivity index (χ3n) is 7.11. The van der Waals surface area contributed by atoms with Gasteiger partial charge in [-0.2, -0.15) is 0 Å². The SMILES string of the molecule is COc1cc2c3c(c(N[C@H](C)C4CC4)nc2cc1OCCCN1CCCC1)CCC3.O=CO. The molecule has 2 N–H and O–H groups in total. The van der Waals surface area contributed by atoms with E-state index >= 15 is 0 Å². The minimum atomic E-state index is -0.250. The van der Waals surface area contributed by atoms with E-state index < -0.39 is 0 Å². The van der Waals surface area contributed by atoms with Crippen LogP contribution >= 0.6 is 0 Å². The van der Waals surface area contributed by atoms with Crippen LogP contribution in [0.2, 0.25) is 0 Å². The molecule has 2 aliphatic carbocycles. The predicted molar refractivity (Wildman–Crippen MR) is 131 cm³/mol. The van der Waals surface area contributed by atoms with E-state index in [9.17, 15) is 0 Å². The van der Waals surface area contributed by atoms with Gasteiger partial charge < -0.3 is 24.8 Å². The van der Waals surface area contributed by atoms with Crippen LogP contribution in [0.3, 0.4) is 0 Å². The minimum Gasteiger partial charge on any atom is -0.493 e. The van der Waals surface area contributed by atoms with Gasteiger partial charge in [0.05, 0.1) is 19.2 Å². The highest BCUT2D eigenvalue weighted by atomic mass is 16.5. The van der Waals surface area contributed by atoms with Gasteiger partial charge in [0.15, 0.2) is 11.5 Å². The highest BCUT2D eigenvalue weighted by molar-refractivity contribution is 5.89. The van der Waals surface area contributed by atoms with Crippen molar-refractivity contribution in [3.8, 4) is 11.5 Å². The van der Waals surface area contributed by atoms with Crippen molar-refractivity contribution in [2.24, 2.45) is 5.92 Å². The number of anilines is 1. The second kappa shape index (κ2) is 11.1. The van der Waals surface area contributed by atoms with Crippen LogP contribution in [0.1, 0.15) is 56.6 Å². The van der Waals surface area contributed by atoms with Gasteiger partial charge in [0, 0.05) is 24.0 Å². The van der Waals surface area contributed by atoms with Crippen LogP contribution in [0, 0.1) is 5.92 Å². The van der Waals surface area contributed by atoms with E-state index in [-0.39, 0.29) is 6.47 Å². The highest BCUT2D eigenvalue weighted by Crippen LogP contribution is 2.40. The Balaban J connectivity index is 0.000000821. The zero-order valence-electron chi connectivity index (χ0n) is 19.9. The fourth-order valence-corrected chi connectivity index (χ4v) is 5.17. The first-order chi connectivity index (χ1) is 16.1. The molecule has 1 aromatic carbocycles. The number of benzene rings is 1. The summed E-state index contributed by atoms with van der Waals surface area (Å²) in [5.74, 6) is 3.55. The average molecular weight is 456 g/mol. The summed E-state index contributed by atoms with van der Waals surface area (Å²) in [5.41, 5.74) is 3.89. The molecule has 2 heterocycles. The third-order valence-corrected chi connectivity index (χ3v) is 7.11. The number of hydrogen-bond acceptors (Lipinski definition) is 6. The fourth-order valence-electron chi connectivity index (χ4n) is 5.17. The Labute approximate surface area is 196 Å². The number of likely N-dealkylation sites (tertiary alicyclic amines) is 1. The van der Waals surface area contributed by atoms with Crippen molar-refractivity contribution < 1.29 is 19.4 Å². The van der Waals surface area contributed by atoms with Crippen LogP contribution < -0.4 is 14.8 Å². The van der Waals surface area contributed by atoms with E-state index in [0.717, 1.165) is 54.6 Å². The van der Waals surface area contributed by atoms with Crippen molar-refractivity contribution in [3.63, 3.8) is 0 Å². The summed E-state index contributed by atoms with van der Waals surface area (Å²) in [6.07, 6.45) is 9.86. The van der Waals surface area contributed by atoms with E-state index in [1.54, 1.807) is 7.11 Å². The molecule has 3 aliphatic rings. The van der Waals surface area contributed by atoms with E-state index in [1.807, 2.05) is 0 Å². The van der Waals surface area contributed by atoms with Gasteiger partial charge in [0.25, 0.3) is 6.47 Å². The summed E-state index contributed by atoms with van der Waals surface area (Å²) >= 11 is 0. The van der Waals surface area contributed by atoms with Crippen molar-refractivity contribution in [2.45, 2.75) is 64.3 Å². The lowest BCUT2D eigenvalue weighted by Crippen LogP contribution is -2.22. The molecule has 0 bridgehead atoms. The van der Waals surface area contributed by atoms with Crippen molar-refractivity contribution >= 4 is 23.2 Å². The number of carbonyl (C=O) groups is 1. The lowest BCUT2D eigenvalue weighted by Gasteiger charge is -2.19. The Hall–Kier alpha value is -2.54. The normalized spacial score (nSPS) is 18.4. The van der Waals surface area contributed by atoms with Crippen LogP contribution in [0.5, 0.6) is 11.5 Å². The molecule has 1 aromatic heterocycles. The maximum absolute atomic E-state index is 8.36. The molecule has 1 saturated carbocycles. The van der Waals surface area contributed by atoms with Gasteiger partial charge in [0.1, 0.15) is 5.82 Å². The summed E-state index contributed by atoms with van der Waals surface area (Å²) in [5, 5.41) is 11.9. The molecule has 1 aliphatic heterocycles. The topological polar surface area (TPSA) is 83.9 Å². The smallest absolute Gasteiger partial charge is 0.290 e. The molecule has 0 amide bonds. The van der Waals surface area contributed by atoms with Crippen molar-refractivity contribution in [1.82, 2.24) is 9.88 Å². The lowest BCUT2D eigenvalue weighted by atomic mass is 10.0. The Morgan fingerprint density at radius 1 is 1.18 bits per heavy atom. The Morgan fingerprint density at radius 2 is 1.91 bits per heavy atom. The molecular weight excluding hydrogens is 418 g/mol. The maximum Gasteiger partial charge on any atom is 0.290 e. The summed E-state index contributed by atoms with van der Waals surface area (Å²) in [7, 11) is 1.74. The average Bonchev–Trinajstić information content (AvgIpc) is 3.31. The quantitative estimate of drug-likeness (QED) is 0.425. The highest BCUT2D eigenvalue weighted by Gasteiger charge is 2.30. The molecule has 0 spiro atoms. The van der Waals surface area contributed by atoms with Crippen LogP contribution in [-0.2, 0) is 17.6 Å². The lowest BCUT2D eigenvalue weighted by molar-refractivity contribution is -0.122. The zero-order chi connectivity index (χ0) is 23.2. The van der Waals surface area contributed by atoms with E-state index in [2.05, 4.69) is 29.3 Å². The predicted octanol–water partition coefficient (Wildman–Crippen LogP) is 4.51. The summed E-state index contributed by atoms with van der Waals surface area (Å²) in [6, 6.07) is 4.74. The molecule has 7 heteroatoms. The van der Waals surface area contributed by atoms with Gasteiger partial charge in [-0.1, -0.05) is 0 Å². The standard InChI is InChI=1S/C25H35N3O2.CH2O2/c1-17(18-9-10-18)26-25-20-8-5-7-19(20)21-15-23(29-2)24(16-22(21)27-25)30-14-6-13-28-11-3-4-12-28;2-1-3/h15-18H,3-14H2,1-2H3,(H,26,27);1H,(H,2,3)/t17-;/m1./s1. The van der Waals surface area contributed by atoms with E-state index in [1.165, 1.54) is 61.7 Å². The second-order valence-corrected chi connectivity index (χ2v) is 9.42. The first-order valence-electron chi connectivity index (χ1n) is 12.4. The number of carboxylic acid groups (broad SMARTS) is 1. The largest absolute Gasteiger partial charge is 0.493 e. The maximum atomic E-state index is 8.36. The van der Waals surface area contributed by atoms with Gasteiger partial charge in [-0.25, -0.2) is 4.98 Å². The van der Waals surface area contributed by atoms with E-state index in [0.29, 0.717) is 12.6 Å². The molecule has 2 aromatic rings. The number of ether oxygens (including phenoxy) is 2. The molecule has 180 valence electrons. The number of methoxy groups -OCH3 is 1. The number of hydrogen-bond donors (Lipinski definition) is 2. The molecule has 0 radical (unpaired) electrons. The number of aromatic nitrogens is 1. The molecular formula is C26H37N3O4. The van der Waals surface area contributed by atoms with Crippen molar-refractivity contribution in [1.29, 1.82) is 0 Å². The van der Waals surface area contributed by atoms with Crippen molar-refractivity contribution in [3.05, 3.63) is 23.3 Å². The number of aryl methyl sites for hydroxylation is 1. The number of rotatable bonds is 9. The zero-order valence-corrected chi connectivity index (χ0v) is 19.9.